The van der Waals surface area contributed by atoms with Gasteiger partial charge in [0.15, 0.2) is 0 Å². The first kappa shape index (κ1) is 12.4. The fraction of sp³-hybridized carbons (Fsp3) is 0.250. The fourth-order valence-corrected chi connectivity index (χ4v) is 3.48. The van der Waals surface area contributed by atoms with Gasteiger partial charge in [0.1, 0.15) is 11.5 Å². The summed E-state index contributed by atoms with van der Waals surface area (Å²) in [6.45, 7) is 0.794. The molecule has 1 unspecified atom stereocenters. The van der Waals surface area contributed by atoms with Crippen molar-refractivity contribution in [2.24, 2.45) is 0 Å². The van der Waals surface area contributed by atoms with E-state index in [0.717, 1.165) is 29.4 Å². The molecule has 19 heavy (non-hydrogen) atoms. The highest BCUT2D eigenvalue weighted by molar-refractivity contribution is 7.99. The normalized spacial score (nSPS) is 17.6. The van der Waals surface area contributed by atoms with Crippen molar-refractivity contribution >= 4 is 11.8 Å². The molecule has 1 aliphatic heterocycles. The van der Waals surface area contributed by atoms with E-state index in [9.17, 15) is 5.11 Å². The summed E-state index contributed by atoms with van der Waals surface area (Å²) in [5.41, 5.74) is 1.31. The van der Waals surface area contributed by atoms with Gasteiger partial charge in [-0.15, -0.1) is 11.8 Å². The number of para-hydroxylation sites is 1. The first-order valence-electron chi connectivity index (χ1n) is 6.46. The summed E-state index contributed by atoms with van der Waals surface area (Å²) in [6.07, 6.45) is 1.06. The third kappa shape index (κ3) is 2.87. The Morgan fingerprint density at radius 1 is 1.16 bits per heavy atom. The van der Waals surface area contributed by atoms with Gasteiger partial charge in [0.25, 0.3) is 0 Å². The maximum Gasteiger partial charge on any atom is 0.122 e. The van der Waals surface area contributed by atoms with Crippen molar-refractivity contribution < 1.29 is 9.84 Å². The van der Waals surface area contributed by atoms with Gasteiger partial charge in [0.2, 0.25) is 0 Å². The molecule has 1 atom stereocenters. The molecule has 2 nitrogen and oxygen atoms in total. The minimum Gasteiger partial charge on any atom is -0.508 e. The highest BCUT2D eigenvalue weighted by Crippen LogP contribution is 2.37. The van der Waals surface area contributed by atoms with E-state index in [1.807, 2.05) is 30.3 Å². The monoisotopic (exact) mass is 272 g/mol. The lowest BCUT2D eigenvalue weighted by atomic mass is 9.95. The Hall–Kier alpha value is -1.61. The summed E-state index contributed by atoms with van der Waals surface area (Å²) in [5.74, 6) is 2.90. The van der Waals surface area contributed by atoms with Crippen molar-refractivity contribution in [3.63, 3.8) is 0 Å². The second-order valence-electron chi connectivity index (χ2n) is 4.68. The smallest absolute Gasteiger partial charge is 0.122 e. The van der Waals surface area contributed by atoms with Crippen LogP contribution in [0.3, 0.4) is 0 Å². The van der Waals surface area contributed by atoms with Gasteiger partial charge in [-0.25, -0.2) is 0 Å². The fourth-order valence-electron chi connectivity index (χ4n) is 2.36. The Labute approximate surface area is 117 Å². The van der Waals surface area contributed by atoms with Gasteiger partial charge in [-0.3, -0.25) is 0 Å². The summed E-state index contributed by atoms with van der Waals surface area (Å²) in [6, 6.07) is 15.7. The minimum atomic E-state index is 0.331. The summed E-state index contributed by atoms with van der Waals surface area (Å²) in [4.78, 5) is 1.11. The van der Waals surface area contributed by atoms with Gasteiger partial charge in [-0.1, -0.05) is 24.3 Å². The average molecular weight is 272 g/mol. The standard InChI is InChI=1S/C16H16O2S/c17-13-4-3-5-14(10-13)19-11-12-8-9-18-16-7-2-1-6-15(12)16/h1-7,10,12,17H,8-9,11H2. The van der Waals surface area contributed by atoms with E-state index < -0.39 is 0 Å². The van der Waals surface area contributed by atoms with Crippen LogP contribution in [0, 0.1) is 0 Å². The number of ether oxygens (including phenoxy) is 1. The van der Waals surface area contributed by atoms with Crippen molar-refractivity contribution in [3.05, 3.63) is 54.1 Å². The van der Waals surface area contributed by atoms with Crippen LogP contribution in [0.15, 0.2) is 53.4 Å². The molecule has 3 heteroatoms. The van der Waals surface area contributed by atoms with Gasteiger partial charge in [-0.05, 0) is 36.2 Å². The molecule has 0 spiro atoms. The number of benzene rings is 2. The van der Waals surface area contributed by atoms with Gasteiger partial charge in [0.05, 0.1) is 6.61 Å². The Kier molecular flexibility index (Phi) is 3.65. The molecular formula is C16H16O2S. The molecular weight excluding hydrogens is 256 g/mol. The van der Waals surface area contributed by atoms with Crippen molar-refractivity contribution in [1.82, 2.24) is 0 Å². The van der Waals surface area contributed by atoms with E-state index >= 15 is 0 Å². The number of rotatable bonds is 3. The number of hydrogen-bond acceptors (Lipinski definition) is 3. The number of phenolic OH excluding ortho intramolecular Hbond substituents is 1. The third-order valence-corrected chi connectivity index (χ3v) is 4.51. The van der Waals surface area contributed by atoms with Crippen molar-refractivity contribution in [3.8, 4) is 11.5 Å². The second kappa shape index (κ2) is 5.57. The first-order valence-corrected chi connectivity index (χ1v) is 7.45. The Morgan fingerprint density at radius 2 is 2.05 bits per heavy atom. The molecule has 0 radical (unpaired) electrons. The molecule has 0 saturated heterocycles. The van der Waals surface area contributed by atoms with Crippen LogP contribution in [0.5, 0.6) is 11.5 Å². The van der Waals surface area contributed by atoms with Gasteiger partial charge in [-0.2, -0.15) is 0 Å². The van der Waals surface area contributed by atoms with Crippen molar-refractivity contribution in [1.29, 1.82) is 0 Å². The zero-order chi connectivity index (χ0) is 13.1. The molecule has 0 bridgehead atoms. The molecule has 0 aromatic heterocycles. The molecule has 1 heterocycles. The first-order chi connectivity index (χ1) is 9.33. The summed E-state index contributed by atoms with van der Waals surface area (Å²) < 4.78 is 5.68. The van der Waals surface area contributed by atoms with E-state index in [2.05, 4.69) is 12.1 Å². The summed E-state index contributed by atoms with van der Waals surface area (Å²) in [5, 5.41) is 9.47. The van der Waals surface area contributed by atoms with Gasteiger partial charge < -0.3 is 9.84 Å². The quantitative estimate of drug-likeness (QED) is 0.855. The summed E-state index contributed by atoms with van der Waals surface area (Å²) in [7, 11) is 0. The predicted octanol–water partition coefficient (Wildman–Crippen LogP) is 4.05. The molecule has 0 saturated carbocycles. The van der Waals surface area contributed by atoms with E-state index in [1.165, 1.54) is 5.56 Å². The number of phenols is 1. The van der Waals surface area contributed by atoms with Crippen LogP contribution in [0.2, 0.25) is 0 Å². The Balaban J connectivity index is 1.71. The third-order valence-electron chi connectivity index (χ3n) is 3.35. The van der Waals surface area contributed by atoms with E-state index in [1.54, 1.807) is 17.8 Å². The van der Waals surface area contributed by atoms with Crippen LogP contribution < -0.4 is 4.74 Å². The molecule has 2 aromatic rings. The minimum absolute atomic E-state index is 0.331. The van der Waals surface area contributed by atoms with Crippen LogP contribution in [-0.4, -0.2) is 17.5 Å². The molecule has 0 aliphatic carbocycles. The molecule has 0 amide bonds. The van der Waals surface area contributed by atoms with Gasteiger partial charge in [0, 0.05) is 16.6 Å². The highest BCUT2D eigenvalue weighted by atomic mass is 32.2. The van der Waals surface area contributed by atoms with E-state index in [-0.39, 0.29) is 0 Å². The molecule has 2 aromatic carbocycles. The second-order valence-corrected chi connectivity index (χ2v) is 5.77. The van der Waals surface area contributed by atoms with Crippen molar-refractivity contribution in [2.75, 3.05) is 12.4 Å². The molecule has 98 valence electrons. The molecule has 3 rings (SSSR count). The number of fused-ring (bicyclic) bond motifs is 1. The molecule has 1 aliphatic rings. The largest absolute Gasteiger partial charge is 0.508 e. The predicted molar refractivity (Wildman–Crippen MR) is 78.1 cm³/mol. The highest BCUT2D eigenvalue weighted by Gasteiger charge is 2.20. The van der Waals surface area contributed by atoms with Gasteiger partial charge >= 0.3 is 0 Å². The van der Waals surface area contributed by atoms with Crippen molar-refractivity contribution in [2.45, 2.75) is 17.2 Å². The van der Waals surface area contributed by atoms with Crippen LogP contribution in [0.25, 0.3) is 0 Å². The number of hydrogen-bond donors (Lipinski definition) is 1. The molecule has 1 N–H and O–H groups in total. The van der Waals surface area contributed by atoms with E-state index in [4.69, 9.17) is 4.74 Å². The Morgan fingerprint density at radius 3 is 2.95 bits per heavy atom. The molecule has 0 fully saturated rings. The SMILES string of the molecule is Oc1cccc(SCC2CCOc3ccccc32)c1. The zero-order valence-electron chi connectivity index (χ0n) is 10.6. The van der Waals surface area contributed by atoms with Crippen LogP contribution >= 0.6 is 11.8 Å². The maximum atomic E-state index is 9.47. The maximum absolute atomic E-state index is 9.47. The average Bonchev–Trinajstić information content (AvgIpc) is 2.45. The summed E-state index contributed by atoms with van der Waals surface area (Å²) >= 11 is 1.79. The van der Waals surface area contributed by atoms with E-state index in [0.29, 0.717) is 11.7 Å². The lowest BCUT2D eigenvalue weighted by Crippen LogP contribution is -2.15. The van der Waals surface area contributed by atoms with Crippen LogP contribution in [0.4, 0.5) is 0 Å². The van der Waals surface area contributed by atoms with Crippen LogP contribution in [0.1, 0.15) is 17.9 Å². The lowest BCUT2D eigenvalue weighted by Gasteiger charge is -2.25. The Bertz CT molecular complexity index is 568. The van der Waals surface area contributed by atoms with Crippen LogP contribution in [-0.2, 0) is 0 Å². The number of aromatic hydroxyl groups is 1. The number of thioether (sulfide) groups is 1. The lowest BCUT2D eigenvalue weighted by molar-refractivity contribution is 0.273. The zero-order valence-corrected chi connectivity index (χ0v) is 11.4. The topological polar surface area (TPSA) is 29.5 Å².